The Hall–Kier alpha value is -2.33. The smallest absolute Gasteiger partial charge is 0.462 e. The van der Waals surface area contributed by atoms with Crippen molar-refractivity contribution in [2.75, 3.05) is 26.4 Å². The molecule has 0 bridgehead atoms. The Morgan fingerprint density at radius 2 is 0.881 bits per heavy atom. The molecule has 0 aliphatic carbocycles. The minimum Gasteiger partial charge on any atom is -0.462 e. The maximum atomic E-state index is 12.6. The number of phosphoric acid groups is 1. The number of carbonyl (C=O) groups is 2. The highest BCUT2D eigenvalue weighted by atomic mass is 31.2. The highest BCUT2D eigenvalue weighted by Crippen LogP contribution is 2.43. The van der Waals surface area contributed by atoms with Gasteiger partial charge in [-0.05, 0) is 83.5 Å². The van der Waals surface area contributed by atoms with E-state index in [4.69, 9.17) is 23.6 Å². The molecule has 342 valence electrons. The van der Waals surface area contributed by atoms with Gasteiger partial charge in [0.15, 0.2) is 6.10 Å². The Labute approximate surface area is 359 Å². The maximum absolute atomic E-state index is 12.6. The van der Waals surface area contributed by atoms with Crippen LogP contribution in [-0.4, -0.2) is 65.7 Å². The number of aliphatic hydroxyl groups excluding tert-OH is 2. The molecule has 59 heavy (non-hydrogen) atoms. The number of carbonyl (C=O) groups excluding carboxylic acids is 2. The van der Waals surface area contributed by atoms with Crippen molar-refractivity contribution in [2.24, 2.45) is 0 Å². The molecule has 0 radical (unpaired) electrons. The van der Waals surface area contributed by atoms with E-state index in [-0.39, 0.29) is 19.4 Å². The molecule has 0 aromatic carbocycles. The first-order valence-corrected chi connectivity index (χ1v) is 24.7. The number of rotatable bonds is 43. The van der Waals surface area contributed by atoms with E-state index >= 15 is 0 Å². The van der Waals surface area contributed by atoms with Crippen LogP contribution < -0.4 is 0 Å². The van der Waals surface area contributed by atoms with Crippen LogP contribution in [0.1, 0.15) is 194 Å². The maximum Gasteiger partial charge on any atom is 0.472 e. The standard InChI is InChI=1S/C48H85O10P/c1-3-5-7-9-11-13-15-17-19-21-22-24-25-27-29-31-33-35-37-39-47(51)55-43-46(44-57-59(53,54)56-42-45(50)41-49)58-48(52)40-38-36-34-32-30-28-26-23-20-18-16-14-12-10-8-6-4-2/h11,13-14,16-17,19,22,24,27,29,45-46,49-50H,3-10,12,15,18,20-21,23,25-26,28,30-44H2,1-2H3,(H,53,54)/b13-11+,16-14+,19-17+,24-22+,29-27+/t45-,46+/m0/s1. The van der Waals surface area contributed by atoms with E-state index in [9.17, 15) is 24.2 Å². The lowest BCUT2D eigenvalue weighted by Crippen LogP contribution is -2.29. The number of esters is 2. The van der Waals surface area contributed by atoms with Gasteiger partial charge in [-0.2, -0.15) is 0 Å². The van der Waals surface area contributed by atoms with Crippen LogP contribution in [0.5, 0.6) is 0 Å². The fourth-order valence-corrected chi connectivity index (χ4v) is 6.82. The van der Waals surface area contributed by atoms with Crippen LogP contribution in [0.15, 0.2) is 60.8 Å². The van der Waals surface area contributed by atoms with Gasteiger partial charge in [0.05, 0.1) is 19.8 Å². The summed E-state index contributed by atoms with van der Waals surface area (Å²) in [6, 6.07) is 0. The molecule has 0 spiro atoms. The minimum absolute atomic E-state index is 0.173. The Morgan fingerprint density at radius 1 is 0.508 bits per heavy atom. The monoisotopic (exact) mass is 853 g/mol. The number of hydrogen-bond donors (Lipinski definition) is 3. The van der Waals surface area contributed by atoms with Crippen LogP contribution in [0, 0.1) is 0 Å². The van der Waals surface area contributed by atoms with E-state index in [1.165, 1.54) is 96.3 Å². The molecule has 0 rings (SSSR count). The number of hydrogen-bond acceptors (Lipinski definition) is 9. The van der Waals surface area contributed by atoms with Crippen molar-refractivity contribution >= 4 is 19.8 Å². The van der Waals surface area contributed by atoms with E-state index < -0.39 is 51.8 Å². The van der Waals surface area contributed by atoms with Gasteiger partial charge in [-0.15, -0.1) is 0 Å². The lowest BCUT2D eigenvalue weighted by molar-refractivity contribution is -0.161. The summed E-state index contributed by atoms with van der Waals surface area (Å²) >= 11 is 0. The average Bonchev–Trinajstić information content (AvgIpc) is 3.22. The Bertz CT molecular complexity index is 1160. The van der Waals surface area contributed by atoms with Crippen LogP contribution in [0.25, 0.3) is 0 Å². The summed E-state index contributed by atoms with van der Waals surface area (Å²) in [5.74, 6) is -0.964. The molecule has 0 fully saturated rings. The molecular formula is C48H85O10P. The van der Waals surface area contributed by atoms with Gasteiger partial charge in [-0.25, -0.2) is 4.57 Å². The Balaban J connectivity index is 4.32. The van der Waals surface area contributed by atoms with Gasteiger partial charge in [0.2, 0.25) is 0 Å². The van der Waals surface area contributed by atoms with Gasteiger partial charge in [0, 0.05) is 12.8 Å². The number of aliphatic hydroxyl groups is 2. The summed E-state index contributed by atoms with van der Waals surface area (Å²) in [7, 11) is -4.63. The molecule has 0 aromatic rings. The van der Waals surface area contributed by atoms with Gasteiger partial charge in [-0.3, -0.25) is 18.6 Å². The summed E-state index contributed by atoms with van der Waals surface area (Å²) in [6.07, 6.45) is 48.9. The number of ether oxygens (including phenoxy) is 2. The van der Waals surface area contributed by atoms with Crippen molar-refractivity contribution in [3.05, 3.63) is 60.8 Å². The summed E-state index contributed by atoms with van der Waals surface area (Å²) in [6.45, 7) is 2.31. The topological polar surface area (TPSA) is 149 Å². The molecular weight excluding hydrogens is 767 g/mol. The van der Waals surface area contributed by atoms with E-state index in [0.717, 1.165) is 57.8 Å². The predicted octanol–water partition coefficient (Wildman–Crippen LogP) is 12.7. The van der Waals surface area contributed by atoms with Crippen molar-refractivity contribution in [3.8, 4) is 0 Å². The van der Waals surface area contributed by atoms with Crippen LogP contribution >= 0.6 is 7.82 Å². The molecule has 3 atom stereocenters. The number of phosphoric ester groups is 1. The second kappa shape index (κ2) is 43.7. The summed E-state index contributed by atoms with van der Waals surface area (Å²) in [5, 5.41) is 18.4. The summed E-state index contributed by atoms with van der Waals surface area (Å²) < 4.78 is 32.7. The zero-order valence-electron chi connectivity index (χ0n) is 37.2. The van der Waals surface area contributed by atoms with Crippen LogP contribution in [0.4, 0.5) is 0 Å². The molecule has 0 aromatic heterocycles. The molecule has 11 heteroatoms. The lowest BCUT2D eigenvalue weighted by atomic mass is 10.1. The van der Waals surface area contributed by atoms with Gasteiger partial charge in [0.1, 0.15) is 12.7 Å². The fourth-order valence-electron chi connectivity index (χ4n) is 6.03. The molecule has 3 N–H and O–H groups in total. The van der Waals surface area contributed by atoms with Crippen molar-refractivity contribution in [1.29, 1.82) is 0 Å². The first-order chi connectivity index (χ1) is 28.7. The van der Waals surface area contributed by atoms with Crippen molar-refractivity contribution in [3.63, 3.8) is 0 Å². The molecule has 10 nitrogen and oxygen atoms in total. The van der Waals surface area contributed by atoms with E-state index in [1.54, 1.807) is 0 Å². The highest BCUT2D eigenvalue weighted by Gasteiger charge is 2.27. The zero-order chi connectivity index (χ0) is 43.3. The first kappa shape index (κ1) is 56.7. The summed E-state index contributed by atoms with van der Waals surface area (Å²) in [4.78, 5) is 35.1. The van der Waals surface area contributed by atoms with Gasteiger partial charge in [0.25, 0.3) is 0 Å². The molecule has 0 heterocycles. The third kappa shape index (κ3) is 43.6. The van der Waals surface area contributed by atoms with Crippen LogP contribution in [0.2, 0.25) is 0 Å². The van der Waals surface area contributed by atoms with Crippen LogP contribution in [0.3, 0.4) is 0 Å². The molecule has 0 aliphatic heterocycles. The molecule has 0 saturated carbocycles. The Morgan fingerprint density at radius 3 is 1.39 bits per heavy atom. The molecule has 0 saturated heterocycles. The molecule has 0 aliphatic rings. The van der Waals surface area contributed by atoms with Gasteiger partial charge >= 0.3 is 19.8 Å². The summed E-state index contributed by atoms with van der Waals surface area (Å²) in [5.41, 5.74) is 0. The first-order valence-electron chi connectivity index (χ1n) is 23.2. The van der Waals surface area contributed by atoms with E-state index in [1.807, 2.05) is 0 Å². The van der Waals surface area contributed by atoms with Gasteiger partial charge < -0.3 is 24.6 Å². The molecule has 1 unspecified atom stereocenters. The SMILES string of the molecule is CCCCC/C=C/C/C=C/C/C=C/C/C=C/CCCCCC(=O)OC[C@H](COP(=O)(O)OC[C@@H](O)CO)OC(=O)CCCCCCCCCCC/C=C/CCCCCC. The fraction of sp³-hybridized carbons (Fsp3) is 0.750. The molecule has 0 amide bonds. The second-order valence-electron chi connectivity index (χ2n) is 15.4. The third-order valence-electron chi connectivity index (χ3n) is 9.64. The van der Waals surface area contributed by atoms with Gasteiger partial charge in [-0.1, -0.05) is 158 Å². The normalized spacial score (nSPS) is 14.3. The van der Waals surface area contributed by atoms with Crippen molar-refractivity contribution < 1.29 is 47.8 Å². The zero-order valence-corrected chi connectivity index (χ0v) is 38.1. The largest absolute Gasteiger partial charge is 0.472 e. The number of unbranched alkanes of at least 4 members (excludes halogenated alkanes) is 19. The average molecular weight is 853 g/mol. The van der Waals surface area contributed by atoms with Crippen molar-refractivity contribution in [2.45, 2.75) is 206 Å². The van der Waals surface area contributed by atoms with E-state index in [2.05, 4.69) is 74.6 Å². The van der Waals surface area contributed by atoms with Crippen LogP contribution in [-0.2, 0) is 32.7 Å². The number of allylic oxidation sites excluding steroid dienone is 10. The second-order valence-corrected chi connectivity index (χ2v) is 16.9. The highest BCUT2D eigenvalue weighted by molar-refractivity contribution is 7.47. The lowest BCUT2D eigenvalue weighted by Gasteiger charge is -2.20. The Kier molecular flexibility index (Phi) is 42.0. The quantitative estimate of drug-likeness (QED) is 0.0234. The van der Waals surface area contributed by atoms with E-state index in [0.29, 0.717) is 12.8 Å². The van der Waals surface area contributed by atoms with Crippen molar-refractivity contribution in [1.82, 2.24) is 0 Å². The minimum atomic E-state index is -4.63. The third-order valence-corrected chi connectivity index (χ3v) is 10.6. The predicted molar refractivity (Wildman–Crippen MR) is 242 cm³/mol.